The molecule has 2 heterocycles. The molecule has 0 unspecified atom stereocenters. The number of rotatable bonds is 2. The first-order valence-electron chi connectivity index (χ1n) is 4.00. The number of halogens is 2. The van der Waals surface area contributed by atoms with Crippen LogP contribution in [0.15, 0.2) is 27.6 Å². The minimum absolute atomic E-state index is 0.110. The highest BCUT2D eigenvalue weighted by molar-refractivity contribution is 9.10. The van der Waals surface area contributed by atoms with E-state index in [1.807, 2.05) is 0 Å². The van der Waals surface area contributed by atoms with Crippen LogP contribution in [0.2, 0.25) is 4.34 Å². The Morgan fingerprint density at radius 2 is 2.40 bits per heavy atom. The van der Waals surface area contributed by atoms with E-state index in [1.165, 1.54) is 4.57 Å². The van der Waals surface area contributed by atoms with Crippen LogP contribution in [0.3, 0.4) is 0 Å². The lowest BCUT2D eigenvalue weighted by Crippen LogP contribution is -2.20. The molecule has 0 aliphatic heterocycles. The van der Waals surface area contributed by atoms with E-state index >= 15 is 0 Å². The Morgan fingerprint density at radius 3 is 3.07 bits per heavy atom. The molecule has 0 aliphatic carbocycles. The molecule has 0 saturated heterocycles. The van der Waals surface area contributed by atoms with E-state index in [2.05, 4.69) is 25.5 Å². The van der Waals surface area contributed by atoms with Gasteiger partial charge in [-0.3, -0.25) is 4.79 Å². The lowest BCUT2D eigenvalue weighted by Gasteiger charge is -2.02. The second kappa shape index (κ2) is 4.42. The number of hydrogen-bond acceptors (Lipinski definition) is 4. The molecule has 7 heteroatoms. The van der Waals surface area contributed by atoms with Crippen LogP contribution < -0.4 is 5.56 Å². The summed E-state index contributed by atoms with van der Waals surface area (Å²) in [7, 11) is 0. The van der Waals surface area contributed by atoms with Crippen LogP contribution in [0, 0.1) is 0 Å². The maximum Gasteiger partial charge on any atom is 0.265 e. The molecule has 15 heavy (non-hydrogen) atoms. The molecule has 0 N–H and O–H groups in total. The summed E-state index contributed by atoms with van der Waals surface area (Å²) in [5, 5.41) is 3.84. The van der Waals surface area contributed by atoms with Crippen molar-refractivity contribution in [1.29, 1.82) is 0 Å². The van der Waals surface area contributed by atoms with E-state index in [9.17, 15) is 4.79 Å². The third-order valence-electron chi connectivity index (χ3n) is 1.80. The highest BCUT2D eigenvalue weighted by Gasteiger charge is 2.07. The Balaban J connectivity index is 2.37. The molecule has 0 fully saturated rings. The molecule has 2 aromatic rings. The topological polar surface area (TPSA) is 47.8 Å². The zero-order valence-corrected chi connectivity index (χ0v) is 10.5. The van der Waals surface area contributed by atoms with Crippen molar-refractivity contribution in [3.8, 4) is 0 Å². The maximum absolute atomic E-state index is 11.6. The van der Waals surface area contributed by atoms with Crippen LogP contribution in [0.1, 0.15) is 5.69 Å². The van der Waals surface area contributed by atoms with Gasteiger partial charge in [-0.05, 0) is 28.1 Å². The van der Waals surface area contributed by atoms with Gasteiger partial charge in [0.25, 0.3) is 5.56 Å². The van der Waals surface area contributed by atoms with Crippen molar-refractivity contribution in [2.24, 2.45) is 0 Å². The highest BCUT2D eigenvalue weighted by Crippen LogP contribution is 2.17. The van der Waals surface area contributed by atoms with Crippen LogP contribution in [0.5, 0.6) is 0 Å². The van der Waals surface area contributed by atoms with Crippen molar-refractivity contribution in [1.82, 2.24) is 14.2 Å². The van der Waals surface area contributed by atoms with E-state index in [0.717, 1.165) is 11.5 Å². The summed E-state index contributed by atoms with van der Waals surface area (Å²) in [5.74, 6) is 0. The summed E-state index contributed by atoms with van der Waals surface area (Å²) in [4.78, 5) is 11.6. The quantitative estimate of drug-likeness (QED) is 0.854. The van der Waals surface area contributed by atoms with Gasteiger partial charge in [0.1, 0.15) is 10.0 Å². The third-order valence-corrected chi connectivity index (χ3v) is 3.39. The Morgan fingerprint density at radius 1 is 1.60 bits per heavy atom. The van der Waals surface area contributed by atoms with Gasteiger partial charge in [-0.1, -0.05) is 16.1 Å². The van der Waals surface area contributed by atoms with Crippen LogP contribution in [0.25, 0.3) is 0 Å². The second-order valence-corrected chi connectivity index (χ2v) is 4.99. The predicted molar refractivity (Wildman–Crippen MR) is 62.4 cm³/mol. The molecule has 78 valence electrons. The molecule has 0 atom stereocenters. The molecular formula is C8H5BrClN3OS. The largest absolute Gasteiger partial charge is 0.308 e. The van der Waals surface area contributed by atoms with Gasteiger partial charge in [-0.2, -0.15) is 0 Å². The molecule has 0 saturated carbocycles. The average Bonchev–Trinajstić information content (AvgIpc) is 2.60. The summed E-state index contributed by atoms with van der Waals surface area (Å²) in [5.41, 5.74) is 0.503. The van der Waals surface area contributed by atoms with Gasteiger partial charge in [-0.15, -0.1) is 5.10 Å². The molecule has 4 nitrogen and oxygen atoms in total. The highest BCUT2D eigenvalue weighted by atomic mass is 79.9. The fourth-order valence-corrected chi connectivity index (χ4v) is 2.08. The molecule has 0 bridgehead atoms. The first-order valence-corrected chi connectivity index (χ1v) is 5.94. The van der Waals surface area contributed by atoms with E-state index in [0.29, 0.717) is 21.0 Å². The molecule has 0 radical (unpaired) electrons. The minimum Gasteiger partial charge on any atom is -0.308 e. The van der Waals surface area contributed by atoms with Crippen molar-refractivity contribution < 1.29 is 0 Å². The fourth-order valence-electron chi connectivity index (χ4n) is 1.08. The zero-order valence-electron chi connectivity index (χ0n) is 7.35. The summed E-state index contributed by atoms with van der Waals surface area (Å²) < 4.78 is 6.26. The Bertz CT molecular complexity index is 539. The van der Waals surface area contributed by atoms with E-state index in [-0.39, 0.29) is 5.56 Å². The SMILES string of the molecule is O=c1c(Br)cccn1Cc1nnsc1Cl. The summed E-state index contributed by atoms with van der Waals surface area (Å²) in [6.45, 7) is 0.341. The molecule has 0 aromatic carbocycles. The van der Waals surface area contributed by atoms with Gasteiger partial charge in [0.05, 0.1) is 11.0 Å². The molecular weight excluding hydrogens is 302 g/mol. The summed E-state index contributed by atoms with van der Waals surface area (Å²) in [6.07, 6.45) is 1.68. The average molecular weight is 307 g/mol. The second-order valence-electron chi connectivity index (χ2n) is 2.78. The Kier molecular flexibility index (Phi) is 3.18. The predicted octanol–water partition coefficient (Wildman–Crippen LogP) is 2.16. The maximum atomic E-state index is 11.6. The van der Waals surface area contributed by atoms with E-state index < -0.39 is 0 Å². The monoisotopic (exact) mass is 305 g/mol. The van der Waals surface area contributed by atoms with Crippen LogP contribution in [0.4, 0.5) is 0 Å². The first-order chi connectivity index (χ1) is 7.18. The van der Waals surface area contributed by atoms with E-state index in [4.69, 9.17) is 11.6 Å². The molecule has 2 aromatic heterocycles. The van der Waals surface area contributed by atoms with Gasteiger partial charge in [-0.25, -0.2) is 0 Å². The van der Waals surface area contributed by atoms with Crippen molar-refractivity contribution in [2.45, 2.75) is 6.54 Å². The van der Waals surface area contributed by atoms with Gasteiger partial charge in [0, 0.05) is 17.7 Å². The van der Waals surface area contributed by atoms with Crippen LogP contribution >= 0.6 is 39.1 Å². The smallest absolute Gasteiger partial charge is 0.265 e. The van der Waals surface area contributed by atoms with Gasteiger partial charge in [0.2, 0.25) is 0 Å². The Hall–Kier alpha value is -0.720. The van der Waals surface area contributed by atoms with Gasteiger partial charge in [0.15, 0.2) is 0 Å². The molecule has 0 aliphatic rings. The molecule has 0 spiro atoms. The van der Waals surface area contributed by atoms with Crippen LogP contribution in [-0.2, 0) is 6.54 Å². The van der Waals surface area contributed by atoms with Crippen molar-refractivity contribution >= 4 is 39.1 Å². The first kappa shape index (κ1) is 10.8. The summed E-state index contributed by atoms with van der Waals surface area (Å²) >= 11 is 10.1. The lowest BCUT2D eigenvalue weighted by molar-refractivity contribution is 0.732. The van der Waals surface area contributed by atoms with Crippen molar-refractivity contribution in [2.75, 3.05) is 0 Å². The molecule has 2 rings (SSSR count). The third kappa shape index (κ3) is 2.27. The number of hydrogen-bond donors (Lipinski definition) is 0. The number of aromatic nitrogens is 3. The normalized spacial score (nSPS) is 10.5. The number of nitrogens with zero attached hydrogens (tertiary/aromatic N) is 3. The van der Waals surface area contributed by atoms with E-state index in [1.54, 1.807) is 18.3 Å². The van der Waals surface area contributed by atoms with Gasteiger partial charge < -0.3 is 4.57 Å². The van der Waals surface area contributed by atoms with Crippen molar-refractivity contribution in [3.05, 3.63) is 43.2 Å². The fraction of sp³-hybridized carbons (Fsp3) is 0.125. The van der Waals surface area contributed by atoms with Crippen molar-refractivity contribution in [3.63, 3.8) is 0 Å². The summed E-state index contributed by atoms with van der Waals surface area (Å²) in [6, 6.07) is 3.47. The van der Waals surface area contributed by atoms with Crippen LogP contribution in [-0.4, -0.2) is 14.2 Å². The zero-order chi connectivity index (χ0) is 10.8. The molecule has 0 amide bonds. The van der Waals surface area contributed by atoms with Gasteiger partial charge >= 0.3 is 0 Å². The minimum atomic E-state index is -0.110. The number of pyridine rings is 1. The standard InChI is InChI=1S/C8H5BrClN3OS/c9-5-2-1-3-13(8(5)14)4-6-7(10)15-12-11-6/h1-3H,4H2. The Labute approximate surface area is 103 Å². The lowest BCUT2D eigenvalue weighted by atomic mass is 10.4.